The van der Waals surface area contributed by atoms with Crippen molar-refractivity contribution in [1.82, 2.24) is 34.5 Å². The van der Waals surface area contributed by atoms with Crippen LogP contribution in [0.4, 0.5) is 5.95 Å². The van der Waals surface area contributed by atoms with E-state index in [4.69, 9.17) is 10.2 Å². The number of H-pyrrole nitrogens is 2. The van der Waals surface area contributed by atoms with E-state index in [0.717, 1.165) is 18.4 Å². The van der Waals surface area contributed by atoms with Gasteiger partial charge in [-0.2, -0.15) is 24.8 Å². The van der Waals surface area contributed by atoms with Crippen molar-refractivity contribution in [3.63, 3.8) is 0 Å². The second-order valence-corrected chi connectivity index (χ2v) is 7.70. The number of hydrogen-bond donors (Lipinski definition) is 3. The second-order valence-electron chi connectivity index (χ2n) is 7.70. The number of aromatic amines is 2. The van der Waals surface area contributed by atoms with E-state index in [9.17, 15) is 9.90 Å². The van der Waals surface area contributed by atoms with Crippen molar-refractivity contribution in [2.45, 2.75) is 31.8 Å². The lowest BCUT2D eigenvalue weighted by molar-refractivity contribution is 0.454. The smallest absolute Gasteiger partial charge is 0.326 e. The van der Waals surface area contributed by atoms with E-state index in [1.54, 1.807) is 29.2 Å². The Morgan fingerprint density at radius 1 is 1.33 bits per heavy atom. The van der Waals surface area contributed by atoms with Crippen molar-refractivity contribution >= 4 is 17.7 Å². The molecule has 1 saturated carbocycles. The quantitative estimate of drug-likeness (QED) is 0.352. The van der Waals surface area contributed by atoms with E-state index in [2.05, 4.69) is 36.1 Å². The van der Waals surface area contributed by atoms with Gasteiger partial charge in [0.25, 0.3) is 5.62 Å². The largest absolute Gasteiger partial charge is 0.493 e. The zero-order chi connectivity index (χ0) is 22.8. The van der Waals surface area contributed by atoms with Crippen LogP contribution in [0.3, 0.4) is 0 Å². The summed E-state index contributed by atoms with van der Waals surface area (Å²) >= 11 is 0. The van der Waals surface area contributed by atoms with Crippen LogP contribution >= 0.6 is 0 Å². The lowest BCUT2D eigenvalue weighted by Crippen LogP contribution is -2.31. The van der Waals surface area contributed by atoms with Crippen LogP contribution in [0.15, 0.2) is 40.5 Å². The summed E-state index contributed by atoms with van der Waals surface area (Å²) in [6.07, 6.45) is 8.89. The van der Waals surface area contributed by atoms with Crippen molar-refractivity contribution in [3.05, 3.63) is 63.3 Å². The molecule has 4 aromatic heterocycles. The number of rotatable bonds is 7. The van der Waals surface area contributed by atoms with E-state index in [-0.39, 0.29) is 17.6 Å². The van der Waals surface area contributed by atoms with E-state index >= 15 is 0 Å². The highest BCUT2D eigenvalue weighted by atomic mass is 16.3. The van der Waals surface area contributed by atoms with Gasteiger partial charge in [-0.15, -0.1) is 0 Å². The lowest BCUT2D eigenvalue weighted by atomic mass is 10.2. The summed E-state index contributed by atoms with van der Waals surface area (Å²) in [6, 6.07) is 6.17. The highest BCUT2D eigenvalue weighted by molar-refractivity contribution is 5.57. The molecule has 0 spiro atoms. The first-order valence-electron chi connectivity index (χ1n) is 10.4. The number of aromatic nitrogens is 7. The fourth-order valence-electron chi connectivity index (χ4n) is 3.36. The number of anilines is 1. The van der Waals surface area contributed by atoms with Gasteiger partial charge in [0.05, 0.1) is 24.7 Å². The van der Waals surface area contributed by atoms with Crippen LogP contribution in [-0.2, 0) is 6.54 Å². The molecule has 1 aliphatic rings. The van der Waals surface area contributed by atoms with Crippen LogP contribution in [0.5, 0.6) is 5.88 Å². The van der Waals surface area contributed by atoms with Crippen molar-refractivity contribution in [3.8, 4) is 11.9 Å². The molecular formula is C21H20N10O2. The first kappa shape index (κ1) is 20.4. The SMILES string of the molecule is N#CCCN(Cc1cccnc1)c1nc(=NC2CC2)n2nc/c(=C\c3[nH]c(=O)[nH]c3O)c2n1. The molecule has 3 N–H and O–H groups in total. The van der Waals surface area contributed by atoms with Crippen LogP contribution in [-0.4, -0.2) is 52.2 Å². The van der Waals surface area contributed by atoms with Gasteiger partial charge in [-0.1, -0.05) is 6.07 Å². The third-order valence-corrected chi connectivity index (χ3v) is 5.12. The van der Waals surface area contributed by atoms with Gasteiger partial charge in [0.2, 0.25) is 11.8 Å². The number of hydrogen-bond acceptors (Lipinski definition) is 9. The van der Waals surface area contributed by atoms with Crippen LogP contribution in [0, 0.1) is 11.3 Å². The Balaban J connectivity index is 1.67. The molecule has 0 saturated heterocycles. The normalized spacial score (nSPS) is 14.6. The standard InChI is InChI=1S/C21H20N10O2/c22-6-2-8-30(12-13-3-1-7-23-10-13)19-27-17-14(9-16-18(32)28-21(33)26-16)11-24-31(17)20(29-19)25-15-4-5-15/h1,3,7,9-11,15,32H,2,4-5,8,12H2,(H2,26,28,33)/b14-9+,25-20?. The number of nitrogens with one attached hydrogen (secondary N) is 2. The maximum Gasteiger partial charge on any atom is 0.326 e. The van der Waals surface area contributed by atoms with Crippen LogP contribution in [0.2, 0.25) is 0 Å². The summed E-state index contributed by atoms with van der Waals surface area (Å²) in [7, 11) is 0. The molecule has 0 atom stereocenters. The van der Waals surface area contributed by atoms with Crippen LogP contribution < -0.4 is 21.4 Å². The Hall–Kier alpha value is -4.53. The molecule has 12 nitrogen and oxygen atoms in total. The van der Waals surface area contributed by atoms with Gasteiger partial charge in [-0.25, -0.2) is 9.79 Å². The molecule has 1 aliphatic carbocycles. The minimum absolute atomic E-state index is 0.198. The van der Waals surface area contributed by atoms with Crippen molar-refractivity contribution in [2.24, 2.45) is 4.99 Å². The highest BCUT2D eigenvalue weighted by Crippen LogP contribution is 2.22. The molecular weight excluding hydrogens is 424 g/mol. The molecule has 0 radical (unpaired) electrons. The van der Waals surface area contributed by atoms with Crippen molar-refractivity contribution in [1.29, 1.82) is 5.26 Å². The molecule has 0 amide bonds. The summed E-state index contributed by atoms with van der Waals surface area (Å²) in [5, 5.41) is 24.1. The molecule has 12 heteroatoms. The highest BCUT2D eigenvalue weighted by Gasteiger charge is 2.21. The average molecular weight is 444 g/mol. The minimum atomic E-state index is -0.519. The monoisotopic (exact) mass is 444 g/mol. The van der Waals surface area contributed by atoms with Gasteiger partial charge in [-0.3, -0.25) is 9.97 Å². The second kappa shape index (κ2) is 8.54. The predicted molar refractivity (Wildman–Crippen MR) is 117 cm³/mol. The molecule has 166 valence electrons. The fourth-order valence-corrected chi connectivity index (χ4v) is 3.36. The predicted octanol–water partition coefficient (Wildman–Crippen LogP) is -0.228. The Morgan fingerprint density at radius 3 is 2.91 bits per heavy atom. The van der Waals surface area contributed by atoms with Gasteiger partial charge in [-0.05, 0) is 30.5 Å². The van der Waals surface area contributed by atoms with Gasteiger partial charge in [0, 0.05) is 30.7 Å². The fraction of sp³-hybridized carbons (Fsp3) is 0.286. The molecule has 0 aromatic carbocycles. The summed E-state index contributed by atoms with van der Waals surface area (Å²) < 4.78 is 1.54. The van der Waals surface area contributed by atoms with E-state index in [1.807, 2.05) is 17.0 Å². The Kier molecular flexibility index (Phi) is 5.27. The van der Waals surface area contributed by atoms with Crippen LogP contribution in [0.25, 0.3) is 11.7 Å². The number of fused-ring (bicyclic) bond motifs is 1. The third-order valence-electron chi connectivity index (χ3n) is 5.12. The Morgan fingerprint density at radius 2 is 2.21 bits per heavy atom. The first-order valence-corrected chi connectivity index (χ1v) is 10.4. The zero-order valence-electron chi connectivity index (χ0n) is 17.5. The topological polar surface area (TPSA) is 164 Å². The number of imidazole rings is 1. The molecule has 0 bridgehead atoms. The lowest BCUT2D eigenvalue weighted by Gasteiger charge is -2.21. The van der Waals surface area contributed by atoms with E-state index in [0.29, 0.717) is 41.9 Å². The molecule has 0 aliphatic heterocycles. The van der Waals surface area contributed by atoms with Gasteiger partial charge in [0.1, 0.15) is 5.69 Å². The number of aromatic hydroxyl groups is 1. The summed E-state index contributed by atoms with van der Waals surface area (Å²) in [6.45, 7) is 0.886. The summed E-state index contributed by atoms with van der Waals surface area (Å²) in [4.78, 5) is 36.5. The first-order chi connectivity index (χ1) is 16.1. The van der Waals surface area contributed by atoms with Gasteiger partial charge in [0.15, 0.2) is 5.65 Å². The summed E-state index contributed by atoms with van der Waals surface area (Å²) in [5.41, 5.74) is 1.53. The maximum atomic E-state index is 11.5. The molecule has 5 rings (SSSR count). The molecule has 1 fully saturated rings. The maximum absolute atomic E-state index is 11.5. The molecule has 33 heavy (non-hydrogen) atoms. The Labute approximate surface area is 186 Å². The van der Waals surface area contributed by atoms with Gasteiger partial charge < -0.3 is 15.0 Å². The molecule has 4 aromatic rings. The van der Waals surface area contributed by atoms with Gasteiger partial charge >= 0.3 is 5.69 Å². The number of nitrogens with zero attached hydrogens (tertiary/aromatic N) is 8. The van der Waals surface area contributed by atoms with Crippen molar-refractivity contribution in [2.75, 3.05) is 11.4 Å². The van der Waals surface area contributed by atoms with Crippen molar-refractivity contribution < 1.29 is 5.11 Å². The minimum Gasteiger partial charge on any atom is -0.493 e. The van der Waals surface area contributed by atoms with Crippen LogP contribution in [0.1, 0.15) is 30.5 Å². The molecule has 4 heterocycles. The third kappa shape index (κ3) is 4.42. The number of pyridine rings is 1. The zero-order valence-corrected chi connectivity index (χ0v) is 17.5. The van der Waals surface area contributed by atoms with E-state index < -0.39 is 5.69 Å². The summed E-state index contributed by atoms with van der Waals surface area (Å²) in [5.74, 6) is 0.131. The Bertz CT molecular complexity index is 1510. The number of nitriles is 1. The molecule has 0 unspecified atom stereocenters. The van der Waals surface area contributed by atoms with E-state index in [1.165, 1.54) is 0 Å². The average Bonchev–Trinajstić information content (AvgIpc) is 3.45.